The van der Waals surface area contributed by atoms with E-state index in [-0.39, 0.29) is 0 Å². The minimum atomic E-state index is 0.450. The fraction of sp³-hybridized carbons (Fsp3) is 0.200. The van der Waals surface area contributed by atoms with Crippen molar-refractivity contribution in [1.82, 2.24) is 9.97 Å². The van der Waals surface area contributed by atoms with Gasteiger partial charge < -0.3 is 24.8 Å². The zero-order valence-electron chi connectivity index (χ0n) is 15.5. The molecule has 2 aromatic carbocycles. The largest absolute Gasteiger partial charge is 0.495 e. The Labute approximate surface area is 167 Å². The van der Waals surface area contributed by atoms with Crippen LogP contribution >= 0.6 is 11.6 Å². The summed E-state index contributed by atoms with van der Waals surface area (Å²) in [6.07, 6.45) is 1.67. The van der Waals surface area contributed by atoms with E-state index in [0.29, 0.717) is 41.5 Å². The van der Waals surface area contributed by atoms with Crippen molar-refractivity contribution in [3.63, 3.8) is 0 Å². The zero-order chi connectivity index (χ0) is 19.5. The van der Waals surface area contributed by atoms with Crippen LogP contribution < -0.4 is 24.8 Å². The second kappa shape index (κ2) is 7.82. The number of fused-ring (bicyclic) bond motifs is 1. The van der Waals surface area contributed by atoms with Crippen molar-refractivity contribution in [2.45, 2.75) is 6.92 Å². The Morgan fingerprint density at radius 3 is 2.68 bits per heavy atom. The molecule has 1 aliphatic rings. The first-order valence-corrected chi connectivity index (χ1v) is 9.11. The van der Waals surface area contributed by atoms with Crippen LogP contribution in [-0.2, 0) is 0 Å². The Morgan fingerprint density at radius 1 is 1.04 bits per heavy atom. The van der Waals surface area contributed by atoms with Gasteiger partial charge in [0.15, 0.2) is 11.5 Å². The van der Waals surface area contributed by atoms with Gasteiger partial charge in [-0.2, -0.15) is 4.98 Å². The molecule has 1 aromatic heterocycles. The zero-order valence-corrected chi connectivity index (χ0v) is 16.2. The fourth-order valence-electron chi connectivity index (χ4n) is 2.81. The Hall–Kier alpha value is -3.19. The number of nitrogens with one attached hydrogen (secondary N) is 2. The molecule has 1 aliphatic heterocycles. The molecule has 4 rings (SSSR count). The van der Waals surface area contributed by atoms with Gasteiger partial charge in [-0.05, 0) is 36.8 Å². The van der Waals surface area contributed by atoms with Crippen LogP contribution in [0, 0.1) is 6.92 Å². The molecule has 0 spiro atoms. The Bertz CT molecular complexity index is 1010. The molecule has 0 saturated heterocycles. The third-order valence-corrected chi connectivity index (χ3v) is 4.60. The summed E-state index contributed by atoms with van der Waals surface area (Å²) in [7, 11) is 1.60. The van der Waals surface area contributed by atoms with E-state index in [1.165, 1.54) is 0 Å². The van der Waals surface area contributed by atoms with Crippen LogP contribution in [0.2, 0.25) is 5.02 Å². The average molecular weight is 399 g/mol. The molecule has 0 saturated carbocycles. The Kier molecular flexibility index (Phi) is 5.08. The van der Waals surface area contributed by atoms with Crippen LogP contribution in [0.4, 0.5) is 23.1 Å². The minimum absolute atomic E-state index is 0.450. The molecule has 0 bridgehead atoms. The summed E-state index contributed by atoms with van der Waals surface area (Å²) in [5.41, 5.74) is 2.52. The van der Waals surface area contributed by atoms with E-state index in [2.05, 4.69) is 20.6 Å². The van der Waals surface area contributed by atoms with Crippen molar-refractivity contribution in [3.8, 4) is 17.2 Å². The van der Waals surface area contributed by atoms with Gasteiger partial charge in [0, 0.05) is 29.0 Å². The monoisotopic (exact) mass is 398 g/mol. The summed E-state index contributed by atoms with van der Waals surface area (Å²) < 4.78 is 16.5. The lowest BCUT2D eigenvalue weighted by Gasteiger charge is -2.19. The predicted molar refractivity (Wildman–Crippen MR) is 109 cm³/mol. The van der Waals surface area contributed by atoms with E-state index < -0.39 is 0 Å². The number of aromatic nitrogens is 2. The third kappa shape index (κ3) is 3.89. The number of benzene rings is 2. The number of aryl methyl sites for hydroxylation is 1. The SMILES string of the molecule is COc1cc(Cl)c(C)cc1Nc1ccnc(Nc2ccc3c(c2)OCCO3)n1. The third-order valence-electron chi connectivity index (χ3n) is 4.20. The number of nitrogens with zero attached hydrogens (tertiary/aromatic N) is 2. The van der Waals surface area contributed by atoms with Crippen LogP contribution in [0.5, 0.6) is 17.2 Å². The molecule has 8 heteroatoms. The second-order valence-electron chi connectivity index (χ2n) is 6.18. The molecule has 0 aliphatic carbocycles. The molecule has 2 N–H and O–H groups in total. The average Bonchev–Trinajstić information content (AvgIpc) is 2.71. The number of hydrogen-bond acceptors (Lipinski definition) is 7. The van der Waals surface area contributed by atoms with Crippen LogP contribution in [0.25, 0.3) is 0 Å². The molecule has 0 radical (unpaired) electrons. The summed E-state index contributed by atoms with van der Waals surface area (Å²) in [5.74, 6) is 3.14. The van der Waals surface area contributed by atoms with Crippen LogP contribution in [0.15, 0.2) is 42.6 Å². The van der Waals surface area contributed by atoms with Gasteiger partial charge in [-0.25, -0.2) is 4.98 Å². The van der Waals surface area contributed by atoms with Gasteiger partial charge in [0.2, 0.25) is 5.95 Å². The molecule has 28 heavy (non-hydrogen) atoms. The van der Waals surface area contributed by atoms with E-state index in [9.17, 15) is 0 Å². The summed E-state index contributed by atoms with van der Waals surface area (Å²) in [5, 5.41) is 7.07. The van der Waals surface area contributed by atoms with Crippen molar-refractivity contribution in [1.29, 1.82) is 0 Å². The highest BCUT2D eigenvalue weighted by molar-refractivity contribution is 6.31. The first-order valence-electron chi connectivity index (χ1n) is 8.73. The first-order chi connectivity index (χ1) is 13.6. The van der Waals surface area contributed by atoms with Crippen molar-refractivity contribution in [2.75, 3.05) is 31.0 Å². The van der Waals surface area contributed by atoms with E-state index in [4.69, 9.17) is 25.8 Å². The van der Waals surface area contributed by atoms with Gasteiger partial charge in [-0.15, -0.1) is 0 Å². The summed E-state index contributed by atoms with van der Waals surface area (Å²) in [6, 6.07) is 11.1. The minimum Gasteiger partial charge on any atom is -0.495 e. The highest BCUT2D eigenvalue weighted by Gasteiger charge is 2.13. The van der Waals surface area contributed by atoms with E-state index in [0.717, 1.165) is 22.7 Å². The lowest BCUT2D eigenvalue weighted by atomic mass is 10.2. The molecule has 0 fully saturated rings. The van der Waals surface area contributed by atoms with Crippen molar-refractivity contribution in [3.05, 3.63) is 53.2 Å². The van der Waals surface area contributed by atoms with Crippen molar-refractivity contribution in [2.24, 2.45) is 0 Å². The molecular weight excluding hydrogens is 380 g/mol. The molecular formula is C20H19ClN4O3. The molecule has 144 valence electrons. The fourth-order valence-corrected chi connectivity index (χ4v) is 2.96. The summed E-state index contributed by atoms with van der Waals surface area (Å²) in [6.45, 7) is 3.03. The number of anilines is 4. The van der Waals surface area contributed by atoms with Gasteiger partial charge >= 0.3 is 0 Å². The standard InChI is InChI=1S/C20H19ClN4O3/c1-12-9-15(17(26-2)11-14(12)21)24-19-5-6-22-20(25-19)23-13-3-4-16-18(10-13)28-8-7-27-16/h3-6,9-11H,7-8H2,1-2H3,(H2,22,23,24,25). The molecule has 3 aromatic rings. The van der Waals surface area contributed by atoms with E-state index in [1.54, 1.807) is 25.4 Å². The molecule has 0 unspecified atom stereocenters. The van der Waals surface area contributed by atoms with Crippen molar-refractivity contribution < 1.29 is 14.2 Å². The Morgan fingerprint density at radius 2 is 1.86 bits per heavy atom. The highest BCUT2D eigenvalue weighted by Crippen LogP contribution is 2.34. The lowest BCUT2D eigenvalue weighted by molar-refractivity contribution is 0.171. The lowest BCUT2D eigenvalue weighted by Crippen LogP contribution is -2.15. The van der Waals surface area contributed by atoms with E-state index in [1.807, 2.05) is 31.2 Å². The van der Waals surface area contributed by atoms with Gasteiger partial charge in [0.25, 0.3) is 0 Å². The quantitative estimate of drug-likeness (QED) is 0.644. The van der Waals surface area contributed by atoms with Gasteiger partial charge in [0.1, 0.15) is 24.8 Å². The van der Waals surface area contributed by atoms with Crippen LogP contribution in [0.3, 0.4) is 0 Å². The summed E-state index contributed by atoms with van der Waals surface area (Å²) in [4.78, 5) is 8.78. The maximum Gasteiger partial charge on any atom is 0.229 e. The van der Waals surface area contributed by atoms with E-state index >= 15 is 0 Å². The number of hydrogen-bond donors (Lipinski definition) is 2. The maximum atomic E-state index is 6.17. The topological polar surface area (TPSA) is 77.5 Å². The molecule has 7 nitrogen and oxygen atoms in total. The number of halogens is 1. The second-order valence-corrected chi connectivity index (χ2v) is 6.58. The van der Waals surface area contributed by atoms with Crippen molar-refractivity contribution >= 4 is 34.7 Å². The molecule has 0 atom stereocenters. The van der Waals surface area contributed by atoms with Gasteiger partial charge in [-0.1, -0.05) is 11.6 Å². The number of methoxy groups -OCH3 is 1. The molecule has 0 amide bonds. The Balaban J connectivity index is 1.55. The summed E-state index contributed by atoms with van der Waals surface area (Å²) >= 11 is 6.17. The maximum absolute atomic E-state index is 6.17. The van der Waals surface area contributed by atoms with Gasteiger partial charge in [0.05, 0.1) is 12.8 Å². The highest BCUT2D eigenvalue weighted by atomic mass is 35.5. The van der Waals surface area contributed by atoms with Crippen LogP contribution in [0.1, 0.15) is 5.56 Å². The normalized spacial score (nSPS) is 12.4. The number of rotatable bonds is 5. The van der Waals surface area contributed by atoms with Gasteiger partial charge in [-0.3, -0.25) is 0 Å². The molecule has 2 heterocycles. The predicted octanol–water partition coefficient (Wildman–Crippen LogP) is 4.71. The first kappa shape index (κ1) is 18.2. The van der Waals surface area contributed by atoms with Crippen LogP contribution in [-0.4, -0.2) is 30.3 Å². The number of ether oxygens (including phenoxy) is 3. The smallest absolute Gasteiger partial charge is 0.229 e.